The van der Waals surface area contributed by atoms with Crippen LogP contribution >= 0.6 is 0 Å². The fourth-order valence-electron chi connectivity index (χ4n) is 5.10. The predicted molar refractivity (Wildman–Crippen MR) is 124 cm³/mol. The van der Waals surface area contributed by atoms with Crippen molar-refractivity contribution in [2.24, 2.45) is 0 Å². The number of nitrogens with zero attached hydrogens (tertiary/aromatic N) is 1. The Morgan fingerprint density at radius 3 is 2.35 bits per heavy atom. The largest absolute Gasteiger partial charge is 0.449 e. The molecule has 0 spiro atoms. The quantitative estimate of drug-likeness (QED) is 0.545. The zero-order chi connectivity index (χ0) is 22.3. The van der Waals surface area contributed by atoms with E-state index in [0.717, 1.165) is 12.8 Å². The minimum atomic E-state index is -0.649. The van der Waals surface area contributed by atoms with Gasteiger partial charge in [-0.1, -0.05) is 67.6 Å². The van der Waals surface area contributed by atoms with Crippen LogP contribution in [0, 0.1) is 0 Å². The number of ether oxygens (including phenoxy) is 2. The van der Waals surface area contributed by atoms with Crippen LogP contribution in [0.5, 0.6) is 0 Å². The highest BCUT2D eigenvalue weighted by molar-refractivity contribution is 5.86. The van der Waals surface area contributed by atoms with Crippen LogP contribution in [0.25, 0.3) is 5.57 Å². The molecule has 4 rings (SSSR count). The van der Waals surface area contributed by atoms with Gasteiger partial charge in [-0.15, -0.1) is 0 Å². The topological polar surface area (TPSA) is 38.8 Å². The molecule has 0 unspecified atom stereocenters. The maximum Gasteiger partial charge on any atom is 0.412 e. The molecule has 1 atom stereocenters. The molecule has 0 radical (unpaired) electrons. The number of benzene rings is 2. The van der Waals surface area contributed by atoms with Crippen LogP contribution in [0.2, 0.25) is 0 Å². The summed E-state index contributed by atoms with van der Waals surface area (Å²) in [5.41, 5.74) is 4.07. The van der Waals surface area contributed by atoms with Gasteiger partial charge in [0.25, 0.3) is 0 Å². The summed E-state index contributed by atoms with van der Waals surface area (Å²) in [6.45, 7) is 11.0. The van der Waals surface area contributed by atoms with Crippen LogP contribution in [0.3, 0.4) is 0 Å². The van der Waals surface area contributed by atoms with E-state index >= 15 is 0 Å². The van der Waals surface area contributed by atoms with Gasteiger partial charge in [-0.3, -0.25) is 4.90 Å². The lowest BCUT2D eigenvalue weighted by molar-refractivity contribution is -0.0519. The Morgan fingerprint density at radius 2 is 1.68 bits per heavy atom. The number of amides is 1. The molecule has 2 aliphatic rings. The summed E-state index contributed by atoms with van der Waals surface area (Å²) >= 11 is 0. The Labute approximate surface area is 185 Å². The van der Waals surface area contributed by atoms with Gasteiger partial charge in [0.05, 0.1) is 18.8 Å². The van der Waals surface area contributed by atoms with E-state index in [-0.39, 0.29) is 17.0 Å². The molecule has 1 heterocycles. The maximum absolute atomic E-state index is 12.8. The Balaban J connectivity index is 1.44. The summed E-state index contributed by atoms with van der Waals surface area (Å²) in [5, 5.41) is 0. The van der Waals surface area contributed by atoms with Crippen molar-refractivity contribution in [3.05, 3.63) is 77.4 Å². The minimum absolute atomic E-state index is 0.0799. The molecule has 1 fully saturated rings. The summed E-state index contributed by atoms with van der Waals surface area (Å²) in [7, 11) is 0. The number of fused-ring (bicyclic) bond motifs is 1. The highest BCUT2D eigenvalue weighted by Gasteiger charge is 2.49. The van der Waals surface area contributed by atoms with Crippen molar-refractivity contribution in [2.45, 2.75) is 64.1 Å². The first-order chi connectivity index (χ1) is 14.6. The number of hydrogen-bond acceptors (Lipinski definition) is 3. The molecular weight excluding hydrogens is 386 g/mol. The lowest BCUT2D eigenvalue weighted by Gasteiger charge is -2.36. The predicted octanol–water partition coefficient (Wildman–Crippen LogP) is 6.15. The molecule has 1 aliphatic carbocycles. The van der Waals surface area contributed by atoms with Crippen LogP contribution in [-0.4, -0.2) is 35.5 Å². The number of hydrogen-bond donors (Lipinski definition) is 0. The molecule has 164 valence electrons. The zero-order valence-electron chi connectivity index (χ0n) is 19.3. The molecule has 1 amide bonds. The first-order valence-corrected chi connectivity index (χ1v) is 11.1. The lowest BCUT2D eigenvalue weighted by Crippen LogP contribution is -2.52. The first-order valence-electron chi connectivity index (χ1n) is 11.1. The third-order valence-corrected chi connectivity index (χ3v) is 6.55. The van der Waals surface area contributed by atoms with Crippen molar-refractivity contribution in [1.82, 2.24) is 4.90 Å². The van der Waals surface area contributed by atoms with Gasteiger partial charge in [0.15, 0.2) is 0 Å². The molecule has 4 nitrogen and oxygen atoms in total. The van der Waals surface area contributed by atoms with E-state index in [4.69, 9.17) is 9.47 Å². The summed E-state index contributed by atoms with van der Waals surface area (Å²) in [5.74, 6) is 0. The minimum Gasteiger partial charge on any atom is -0.449 e. The molecule has 2 aromatic rings. The Kier molecular flexibility index (Phi) is 5.47. The van der Waals surface area contributed by atoms with Crippen LogP contribution in [0.4, 0.5) is 4.79 Å². The number of carbonyl (C=O) groups is 1. The monoisotopic (exact) mass is 419 g/mol. The average molecular weight is 420 g/mol. The molecule has 0 saturated carbocycles. The molecule has 2 aromatic carbocycles. The second-order valence-corrected chi connectivity index (χ2v) is 9.99. The Morgan fingerprint density at radius 1 is 1.00 bits per heavy atom. The van der Waals surface area contributed by atoms with Gasteiger partial charge in [-0.25, -0.2) is 4.79 Å². The SMILES string of the molecule is CC1(C)COC(C)(C)N1C(=O)OCCC[C@]1(C)C=C(c2ccccc2)c2ccccc21. The lowest BCUT2D eigenvalue weighted by atomic mass is 9.81. The van der Waals surface area contributed by atoms with Gasteiger partial charge in [0.1, 0.15) is 5.72 Å². The normalized spacial score (nSPS) is 23.4. The highest BCUT2D eigenvalue weighted by Crippen LogP contribution is 2.45. The third-order valence-electron chi connectivity index (χ3n) is 6.55. The second-order valence-electron chi connectivity index (χ2n) is 9.99. The smallest absolute Gasteiger partial charge is 0.412 e. The molecule has 1 aliphatic heterocycles. The Bertz CT molecular complexity index is 977. The standard InChI is InChI=1S/C27H33NO3/c1-25(2)19-31-26(3,4)28(25)24(29)30-17-11-16-27(5)18-22(20-12-7-6-8-13-20)21-14-9-10-15-23(21)27/h6-10,12-15,18H,11,16-17,19H2,1-5H3/t27-/m1/s1. The van der Waals surface area contributed by atoms with E-state index < -0.39 is 5.72 Å². The van der Waals surface area contributed by atoms with Crippen molar-refractivity contribution in [1.29, 1.82) is 0 Å². The van der Waals surface area contributed by atoms with Crippen LogP contribution in [0.15, 0.2) is 60.7 Å². The van der Waals surface area contributed by atoms with Crippen molar-refractivity contribution in [2.75, 3.05) is 13.2 Å². The second kappa shape index (κ2) is 7.83. The number of rotatable bonds is 5. The molecule has 0 bridgehead atoms. The zero-order valence-corrected chi connectivity index (χ0v) is 19.3. The third kappa shape index (κ3) is 4.01. The van der Waals surface area contributed by atoms with Crippen molar-refractivity contribution in [3.8, 4) is 0 Å². The van der Waals surface area contributed by atoms with Gasteiger partial charge >= 0.3 is 6.09 Å². The van der Waals surface area contributed by atoms with E-state index in [2.05, 4.69) is 61.5 Å². The van der Waals surface area contributed by atoms with E-state index in [9.17, 15) is 4.79 Å². The summed E-state index contributed by atoms with van der Waals surface area (Å²) < 4.78 is 11.5. The molecule has 1 saturated heterocycles. The number of carbonyl (C=O) groups excluding carboxylic acids is 1. The van der Waals surface area contributed by atoms with Crippen LogP contribution < -0.4 is 0 Å². The summed E-state index contributed by atoms with van der Waals surface area (Å²) in [6, 6.07) is 19.2. The van der Waals surface area contributed by atoms with E-state index in [1.807, 2.05) is 33.8 Å². The molecule has 0 N–H and O–H groups in total. The molecule has 4 heteroatoms. The highest BCUT2D eigenvalue weighted by atomic mass is 16.6. The van der Waals surface area contributed by atoms with Gasteiger partial charge < -0.3 is 9.47 Å². The molecular formula is C27H33NO3. The first kappa shape index (κ1) is 21.6. The fraction of sp³-hybridized carbons (Fsp3) is 0.444. The maximum atomic E-state index is 12.8. The van der Waals surface area contributed by atoms with Gasteiger partial charge in [-0.05, 0) is 62.8 Å². The van der Waals surface area contributed by atoms with Gasteiger partial charge in [-0.2, -0.15) is 0 Å². The van der Waals surface area contributed by atoms with Crippen molar-refractivity contribution >= 4 is 11.7 Å². The van der Waals surface area contributed by atoms with Crippen molar-refractivity contribution < 1.29 is 14.3 Å². The van der Waals surface area contributed by atoms with Gasteiger partial charge in [0, 0.05) is 5.41 Å². The average Bonchev–Trinajstić information content (AvgIpc) is 3.16. The summed E-state index contributed by atoms with van der Waals surface area (Å²) in [4.78, 5) is 14.5. The number of allylic oxidation sites excluding steroid dienone is 1. The van der Waals surface area contributed by atoms with E-state index in [1.54, 1.807) is 4.90 Å². The van der Waals surface area contributed by atoms with Crippen LogP contribution in [0.1, 0.15) is 64.2 Å². The Hall–Kier alpha value is -2.59. The van der Waals surface area contributed by atoms with E-state index in [0.29, 0.717) is 13.2 Å². The van der Waals surface area contributed by atoms with Crippen LogP contribution in [-0.2, 0) is 14.9 Å². The van der Waals surface area contributed by atoms with Crippen molar-refractivity contribution in [3.63, 3.8) is 0 Å². The molecule has 0 aromatic heterocycles. The van der Waals surface area contributed by atoms with Gasteiger partial charge in [0.2, 0.25) is 0 Å². The molecule has 31 heavy (non-hydrogen) atoms. The van der Waals surface area contributed by atoms with E-state index in [1.165, 1.54) is 22.3 Å². The summed E-state index contributed by atoms with van der Waals surface area (Å²) in [6.07, 6.45) is 3.79. The fourth-order valence-corrected chi connectivity index (χ4v) is 5.10.